The van der Waals surface area contributed by atoms with Crippen molar-refractivity contribution in [3.8, 4) is 0 Å². The number of rotatable bonds is 1. The molecule has 4 heteroatoms. The van der Waals surface area contributed by atoms with E-state index in [0.717, 1.165) is 6.07 Å². The van der Waals surface area contributed by atoms with E-state index < -0.39 is 11.7 Å². The summed E-state index contributed by atoms with van der Waals surface area (Å²) in [7, 11) is 0. The first-order valence-electron chi connectivity index (χ1n) is 3.94. The highest BCUT2D eigenvalue weighted by molar-refractivity contribution is 9.10. The summed E-state index contributed by atoms with van der Waals surface area (Å²) in [5.41, 5.74) is -0.101. The summed E-state index contributed by atoms with van der Waals surface area (Å²) in [5.74, 6) is 0. The fourth-order valence-corrected chi connectivity index (χ4v) is 1.53. The van der Waals surface area contributed by atoms with E-state index in [1.807, 2.05) is 0 Å². The van der Waals surface area contributed by atoms with Crippen LogP contribution in [0.4, 0.5) is 13.2 Å². The molecule has 0 bridgehead atoms. The molecule has 0 aliphatic carbocycles. The molecule has 0 aliphatic heterocycles. The van der Waals surface area contributed by atoms with Crippen LogP contribution in [0.1, 0.15) is 18.1 Å². The van der Waals surface area contributed by atoms with Gasteiger partial charge in [0.15, 0.2) is 0 Å². The highest BCUT2D eigenvalue weighted by Crippen LogP contribution is 2.35. The monoisotopic (exact) mass is 264 g/mol. The predicted octanol–water partition coefficient (Wildman–Crippen LogP) is 4.50. The maximum atomic E-state index is 12.4. The van der Waals surface area contributed by atoms with Gasteiger partial charge in [0.25, 0.3) is 0 Å². The second-order valence-corrected chi connectivity index (χ2v) is 3.59. The van der Waals surface area contributed by atoms with Crippen molar-refractivity contribution >= 4 is 22.0 Å². The lowest BCUT2D eigenvalue weighted by Gasteiger charge is -2.09. The summed E-state index contributed by atoms with van der Waals surface area (Å²) in [6, 6.07) is 4.14. The summed E-state index contributed by atoms with van der Waals surface area (Å²) < 4.78 is 37.3. The summed E-state index contributed by atoms with van der Waals surface area (Å²) >= 11 is 2.87. The zero-order chi connectivity index (χ0) is 10.8. The molecule has 0 spiro atoms. The molecule has 0 aromatic heterocycles. The molecule has 1 rings (SSSR count). The van der Waals surface area contributed by atoms with Crippen molar-refractivity contribution in [2.24, 2.45) is 0 Å². The lowest BCUT2D eigenvalue weighted by molar-refractivity contribution is -0.138. The standard InChI is InChI=1S/C10H8BrF3/c1-2-3-7-4-5-9(11)8(6-7)10(12,13)14/h2-6H,1H3/b3-2+. The Balaban J connectivity index is 3.22. The van der Waals surface area contributed by atoms with E-state index in [1.54, 1.807) is 25.1 Å². The van der Waals surface area contributed by atoms with Crippen molar-refractivity contribution in [3.05, 3.63) is 39.9 Å². The molecule has 0 nitrogen and oxygen atoms in total. The number of alkyl halides is 3. The number of hydrogen-bond acceptors (Lipinski definition) is 0. The number of hydrogen-bond donors (Lipinski definition) is 0. The maximum Gasteiger partial charge on any atom is 0.417 e. The summed E-state index contributed by atoms with van der Waals surface area (Å²) in [6.45, 7) is 1.76. The first-order valence-corrected chi connectivity index (χ1v) is 4.74. The van der Waals surface area contributed by atoms with E-state index in [0.29, 0.717) is 5.56 Å². The molecule has 0 heterocycles. The van der Waals surface area contributed by atoms with Crippen LogP contribution in [0.5, 0.6) is 0 Å². The smallest absolute Gasteiger partial charge is 0.166 e. The molecule has 14 heavy (non-hydrogen) atoms. The van der Waals surface area contributed by atoms with E-state index in [9.17, 15) is 13.2 Å². The van der Waals surface area contributed by atoms with Gasteiger partial charge in [0.05, 0.1) is 5.56 Å². The van der Waals surface area contributed by atoms with Crippen LogP contribution in [0.25, 0.3) is 6.08 Å². The van der Waals surface area contributed by atoms with Gasteiger partial charge in [0.2, 0.25) is 0 Å². The fraction of sp³-hybridized carbons (Fsp3) is 0.200. The van der Waals surface area contributed by atoms with Crippen molar-refractivity contribution < 1.29 is 13.2 Å². The second-order valence-electron chi connectivity index (χ2n) is 2.74. The molecule has 1 aromatic rings. The lowest BCUT2D eigenvalue weighted by Crippen LogP contribution is -2.06. The molecular weight excluding hydrogens is 257 g/mol. The lowest BCUT2D eigenvalue weighted by atomic mass is 10.1. The molecule has 0 N–H and O–H groups in total. The Bertz CT molecular complexity index is 353. The summed E-state index contributed by atoms with van der Waals surface area (Å²) in [6.07, 6.45) is -0.985. The van der Waals surface area contributed by atoms with Gasteiger partial charge in [0, 0.05) is 4.47 Å². The molecule has 0 radical (unpaired) electrons. The second kappa shape index (κ2) is 4.17. The van der Waals surface area contributed by atoms with Gasteiger partial charge < -0.3 is 0 Å². The molecule has 0 unspecified atom stereocenters. The van der Waals surface area contributed by atoms with Crippen molar-refractivity contribution in [2.45, 2.75) is 13.1 Å². The summed E-state index contributed by atoms with van der Waals surface area (Å²) in [5, 5.41) is 0. The molecule has 76 valence electrons. The van der Waals surface area contributed by atoms with Crippen LogP contribution in [0, 0.1) is 0 Å². The molecular formula is C10H8BrF3. The topological polar surface area (TPSA) is 0 Å². The van der Waals surface area contributed by atoms with E-state index in [2.05, 4.69) is 15.9 Å². The Morgan fingerprint density at radius 1 is 1.29 bits per heavy atom. The molecule has 0 aliphatic rings. The van der Waals surface area contributed by atoms with Crippen LogP contribution in [0.3, 0.4) is 0 Å². The Kier molecular flexibility index (Phi) is 3.37. The highest BCUT2D eigenvalue weighted by Gasteiger charge is 2.32. The zero-order valence-electron chi connectivity index (χ0n) is 7.40. The van der Waals surface area contributed by atoms with Crippen molar-refractivity contribution in [3.63, 3.8) is 0 Å². The minimum Gasteiger partial charge on any atom is -0.166 e. The van der Waals surface area contributed by atoms with Gasteiger partial charge in [-0.3, -0.25) is 0 Å². The normalized spacial score (nSPS) is 12.4. The van der Waals surface area contributed by atoms with Crippen LogP contribution in [-0.4, -0.2) is 0 Å². The van der Waals surface area contributed by atoms with Crippen LogP contribution in [0.15, 0.2) is 28.7 Å². The zero-order valence-corrected chi connectivity index (χ0v) is 8.98. The van der Waals surface area contributed by atoms with E-state index in [1.165, 1.54) is 6.07 Å². The van der Waals surface area contributed by atoms with Gasteiger partial charge in [0.1, 0.15) is 0 Å². The third kappa shape index (κ3) is 2.61. The Morgan fingerprint density at radius 3 is 2.43 bits per heavy atom. The van der Waals surface area contributed by atoms with Crippen molar-refractivity contribution in [2.75, 3.05) is 0 Å². The maximum absolute atomic E-state index is 12.4. The fourth-order valence-electron chi connectivity index (χ4n) is 1.06. The van der Waals surface area contributed by atoms with Gasteiger partial charge in [-0.1, -0.05) is 34.1 Å². The SMILES string of the molecule is C/C=C/c1ccc(Br)c(C(F)(F)F)c1. The third-order valence-corrected chi connectivity index (χ3v) is 2.35. The molecule has 0 saturated heterocycles. The quantitative estimate of drug-likeness (QED) is 0.701. The van der Waals surface area contributed by atoms with E-state index in [-0.39, 0.29) is 4.47 Å². The van der Waals surface area contributed by atoms with Gasteiger partial charge in [-0.2, -0.15) is 13.2 Å². The van der Waals surface area contributed by atoms with Gasteiger partial charge in [-0.25, -0.2) is 0 Å². The van der Waals surface area contributed by atoms with Gasteiger partial charge in [-0.05, 0) is 24.6 Å². The predicted molar refractivity (Wildman–Crippen MR) is 53.9 cm³/mol. The Hall–Kier alpha value is -0.770. The molecule has 0 saturated carbocycles. The average Bonchev–Trinajstić information content (AvgIpc) is 2.07. The van der Waals surface area contributed by atoms with E-state index in [4.69, 9.17) is 0 Å². The molecule has 0 amide bonds. The molecule has 0 atom stereocenters. The van der Waals surface area contributed by atoms with Gasteiger partial charge >= 0.3 is 6.18 Å². The van der Waals surface area contributed by atoms with Crippen LogP contribution in [-0.2, 0) is 6.18 Å². The summed E-state index contributed by atoms with van der Waals surface area (Å²) in [4.78, 5) is 0. The van der Waals surface area contributed by atoms with Gasteiger partial charge in [-0.15, -0.1) is 0 Å². The number of allylic oxidation sites excluding steroid dienone is 1. The van der Waals surface area contributed by atoms with Crippen LogP contribution >= 0.6 is 15.9 Å². The third-order valence-electron chi connectivity index (χ3n) is 1.65. The Labute approximate surface area is 88.6 Å². The number of halogens is 4. The Morgan fingerprint density at radius 2 is 1.93 bits per heavy atom. The minimum atomic E-state index is -4.31. The largest absolute Gasteiger partial charge is 0.417 e. The first kappa shape index (κ1) is 11.3. The first-order chi connectivity index (χ1) is 6.45. The molecule has 1 aromatic carbocycles. The van der Waals surface area contributed by atoms with Crippen LogP contribution < -0.4 is 0 Å². The van der Waals surface area contributed by atoms with Crippen molar-refractivity contribution in [1.29, 1.82) is 0 Å². The molecule has 0 fully saturated rings. The highest BCUT2D eigenvalue weighted by atomic mass is 79.9. The minimum absolute atomic E-state index is 0.0678. The number of benzene rings is 1. The average molecular weight is 265 g/mol. The van der Waals surface area contributed by atoms with E-state index >= 15 is 0 Å². The van der Waals surface area contributed by atoms with Crippen molar-refractivity contribution in [1.82, 2.24) is 0 Å². The van der Waals surface area contributed by atoms with Crippen LogP contribution in [0.2, 0.25) is 0 Å².